The van der Waals surface area contributed by atoms with Crippen LogP contribution in [0.15, 0.2) is 253 Å². The van der Waals surface area contributed by atoms with Gasteiger partial charge in [-0.1, -0.05) is 309 Å². The van der Waals surface area contributed by atoms with Crippen LogP contribution < -0.4 is 31.1 Å². The van der Waals surface area contributed by atoms with Crippen LogP contribution >= 0.6 is 0 Å². The number of para-hydroxylation sites is 2. The van der Waals surface area contributed by atoms with Gasteiger partial charge in [-0.2, -0.15) is 0 Å². The Bertz CT molecular complexity index is 5080. The van der Waals surface area contributed by atoms with E-state index >= 15 is 0 Å². The quantitative estimate of drug-likeness (QED) is 0.134. The highest BCUT2D eigenvalue weighted by Gasteiger charge is 2.46. The van der Waals surface area contributed by atoms with Gasteiger partial charge in [0, 0.05) is 50.6 Å². The minimum Gasteiger partial charge on any atom is -0.454 e. The van der Waals surface area contributed by atoms with E-state index in [2.05, 4.69) is 409 Å². The molecule has 0 unspecified atom stereocenters. The van der Waals surface area contributed by atoms with Crippen molar-refractivity contribution in [2.24, 2.45) is 0 Å². The van der Waals surface area contributed by atoms with Gasteiger partial charge < -0.3 is 19.1 Å². The molecule has 15 rings (SSSR count). The molecule has 0 saturated carbocycles. The molecular formula is C100H104BN3O. The number of benzene rings is 12. The van der Waals surface area contributed by atoms with Gasteiger partial charge in [-0.25, -0.2) is 0 Å². The molecule has 0 saturated heterocycles. The van der Waals surface area contributed by atoms with Gasteiger partial charge in [-0.3, -0.25) is 0 Å². The molecule has 0 fully saturated rings. The van der Waals surface area contributed by atoms with E-state index in [1.807, 2.05) is 0 Å². The second-order valence-electron chi connectivity index (χ2n) is 37.3. The average Bonchev–Trinajstić information content (AvgIpc) is 0.918. The van der Waals surface area contributed by atoms with E-state index in [0.717, 1.165) is 95.4 Å². The predicted molar refractivity (Wildman–Crippen MR) is 455 cm³/mol. The Hall–Kier alpha value is -10.1. The number of hydrogen-bond acceptors (Lipinski definition) is 4. The highest BCUT2D eigenvalue weighted by Crippen LogP contribution is 2.53. The third kappa shape index (κ3) is 13.2. The SMILES string of the molecule is CC(C)(C)c1ccc(-c2cc(-c3ccc(C(C)(C)C)cc3)cc(N3c4ccc(C(C)(C)C)cc4B4c5cc(C(C)(C)C)ccc5N(c5cc(-c6ccc(C(C)(C)C)cc6)cc(-c6ccc(C(C)(C)C)cc6)c5)c5cc(N(c6ccc(C(C)(C)C)cc6)c6cccc7c6oc6ccccc67)cc3c54)c2)cc1. The second kappa shape index (κ2) is 25.3. The monoisotopic (exact) mass is 1370 g/mol. The molecular weight excluding hydrogens is 1270 g/mol. The van der Waals surface area contributed by atoms with Crippen LogP contribution in [0.2, 0.25) is 0 Å². The number of nitrogens with zero attached hydrogens (tertiary/aromatic N) is 3. The fraction of sp³-hybridized carbons (Fsp3) is 0.280. The Balaban J connectivity index is 1.10. The third-order valence-electron chi connectivity index (χ3n) is 22.3. The van der Waals surface area contributed by atoms with Gasteiger partial charge in [0.2, 0.25) is 0 Å². The van der Waals surface area contributed by atoms with Crippen molar-refractivity contribution in [2.45, 2.75) is 183 Å². The topological polar surface area (TPSA) is 22.9 Å². The van der Waals surface area contributed by atoms with E-state index in [4.69, 9.17) is 4.42 Å². The lowest BCUT2D eigenvalue weighted by Gasteiger charge is -2.46. The summed E-state index contributed by atoms with van der Waals surface area (Å²) in [7, 11) is 0. The molecule has 0 radical (unpaired) electrons. The predicted octanol–water partition coefficient (Wildman–Crippen LogP) is 26.9. The highest BCUT2D eigenvalue weighted by molar-refractivity contribution is 7.00. The summed E-state index contributed by atoms with van der Waals surface area (Å²) in [6, 6.07) is 96.5. The number of furan rings is 1. The zero-order valence-electron chi connectivity index (χ0n) is 66.0. The van der Waals surface area contributed by atoms with Crippen molar-refractivity contribution in [3.05, 3.63) is 288 Å². The zero-order valence-corrected chi connectivity index (χ0v) is 66.0. The summed E-state index contributed by atoms with van der Waals surface area (Å²) in [6.07, 6.45) is 0. The molecule has 105 heavy (non-hydrogen) atoms. The molecule has 0 N–H and O–H groups in total. The Morgan fingerprint density at radius 3 is 0.943 bits per heavy atom. The Kier molecular flexibility index (Phi) is 17.0. The largest absolute Gasteiger partial charge is 0.454 e. The van der Waals surface area contributed by atoms with Crippen LogP contribution in [-0.4, -0.2) is 6.71 Å². The van der Waals surface area contributed by atoms with Crippen molar-refractivity contribution in [2.75, 3.05) is 14.7 Å². The molecule has 3 heterocycles. The third-order valence-corrected chi connectivity index (χ3v) is 22.3. The Labute approximate surface area is 626 Å². The molecule has 0 amide bonds. The van der Waals surface area contributed by atoms with E-state index < -0.39 is 0 Å². The molecule has 2 aliphatic heterocycles. The maximum Gasteiger partial charge on any atom is 0.252 e. The first kappa shape index (κ1) is 70.6. The van der Waals surface area contributed by atoms with Crippen LogP contribution in [-0.2, 0) is 37.9 Å². The van der Waals surface area contributed by atoms with Gasteiger partial charge in [-0.05, 0) is 223 Å². The van der Waals surface area contributed by atoms with Gasteiger partial charge in [-0.15, -0.1) is 0 Å². The summed E-state index contributed by atoms with van der Waals surface area (Å²) >= 11 is 0. The molecule has 0 bridgehead atoms. The van der Waals surface area contributed by atoms with E-state index in [0.29, 0.717) is 0 Å². The second-order valence-corrected chi connectivity index (χ2v) is 37.3. The Morgan fingerprint density at radius 2 is 0.590 bits per heavy atom. The van der Waals surface area contributed by atoms with Crippen LogP contribution in [0.5, 0.6) is 0 Å². The summed E-state index contributed by atoms with van der Waals surface area (Å²) in [6.45, 7) is 48.6. The molecule has 4 nitrogen and oxygen atoms in total. The van der Waals surface area contributed by atoms with Crippen molar-refractivity contribution >= 4 is 96.2 Å². The summed E-state index contributed by atoms with van der Waals surface area (Å²) in [5.41, 5.74) is 33.0. The van der Waals surface area contributed by atoms with Crippen LogP contribution in [0.4, 0.5) is 51.2 Å². The molecule has 1 aromatic heterocycles. The zero-order chi connectivity index (χ0) is 74.4. The minimum absolute atomic E-state index is 0.0126. The summed E-state index contributed by atoms with van der Waals surface area (Å²) in [5.74, 6) is 0. The first-order chi connectivity index (χ1) is 49.4. The van der Waals surface area contributed by atoms with Gasteiger partial charge in [0.15, 0.2) is 5.58 Å². The van der Waals surface area contributed by atoms with Crippen LogP contribution in [0.25, 0.3) is 66.4 Å². The fourth-order valence-electron chi connectivity index (χ4n) is 15.9. The fourth-order valence-corrected chi connectivity index (χ4v) is 15.9. The minimum atomic E-state index is -0.195. The number of hydrogen-bond donors (Lipinski definition) is 0. The van der Waals surface area contributed by atoms with Gasteiger partial charge >= 0.3 is 0 Å². The molecule has 12 aromatic carbocycles. The maximum absolute atomic E-state index is 7.20. The lowest BCUT2D eigenvalue weighted by Crippen LogP contribution is -2.61. The number of rotatable bonds is 9. The molecule has 528 valence electrons. The molecule has 13 aromatic rings. The average molecular weight is 1370 g/mol. The Morgan fingerprint density at radius 1 is 0.267 bits per heavy atom. The van der Waals surface area contributed by atoms with Gasteiger partial charge in [0.05, 0.1) is 11.4 Å². The normalized spacial score (nSPS) is 13.5. The first-order valence-electron chi connectivity index (χ1n) is 38.1. The van der Waals surface area contributed by atoms with Crippen molar-refractivity contribution in [3.63, 3.8) is 0 Å². The van der Waals surface area contributed by atoms with E-state index in [-0.39, 0.29) is 44.6 Å². The smallest absolute Gasteiger partial charge is 0.252 e. The maximum atomic E-state index is 7.20. The standard InChI is InChI=1S/C100H104BN3O/c1-94(2,3)71-37-29-63(30-38-71)67-53-68(64-31-39-72(40-32-64)95(4,5)6)56-79(55-67)103-86-51-47-76(99(16,17)18)59-84(86)101-85-60-77(100(19,20)21)48-52-87(85)104(80-57-69(65-33-41-73(42-34-65)96(7,8)9)54-70(58-80)66-35-43-74(44-36-66)97(10,11)12)90-62-81(61-89(103)92(90)101)102(78-49-45-75(46-50-78)98(13,14)15)88-27-24-26-83-82-25-22-23-28-91(82)105-93(83)88/h22-62H,1-21H3. The van der Waals surface area contributed by atoms with Crippen LogP contribution in [0, 0.1) is 0 Å². The molecule has 2 aliphatic rings. The molecule has 0 atom stereocenters. The number of anilines is 9. The van der Waals surface area contributed by atoms with E-state index in [1.54, 1.807) is 0 Å². The highest BCUT2D eigenvalue weighted by atomic mass is 16.3. The van der Waals surface area contributed by atoms with Crippen molar-refractivity contribution in [1.29, 1.82) is 0 Å². The molecule has 0 aliphatic carbocycles. The van der Waals surface area contributed by atoms with Crippen LogP contribution in [0.1, 0.15) is 184 Å². The van der Waals surface area contributed by atoms with Gasteiger partial charge in [0.1, 0.15) is 5.58 Å². The lowest BCUT2D eigenvalue weighted by molar-refractivity contribution is 0.590. The number of fused-ring (bicyclic) bond motifs is 7. The molecule has 0 spiro atoms. The van der Waals surface area contributed by atoms with E-state index in [1.165, 1.54) is 77.6 Å². The first-order valence-corrected chi connectivity index (χ1v) is 38.1. The summed E-state index contributed by atoms with van der Waals surface area (Å²) in [4.78, 5) is 7.78. The van der Waals surface area contributed by atoms with Crippen LogP contribution in [0.3, 0.4) is 0 Å². The lowest BCUT2D eigenvalue weighted by atomic mass is 9.33. The summed E-state index contributed by atoms with van der Waals surface area (Å²) in [5, 5.41) is 2.16. The van der Waals surface area contributed by atoms with Crippen molar-refractivity contribution < 1.29 is 4.42 Å². The van der Waals surface area contributed by atoms with Gasteiger partial charge in [0.25, 0.3) is 6.71 Å². The van der Waals surface area contributed by atoms with Crippen molar-refractivity contribution in [1.82, 2.24) is 0 Å². The van der Waals surface area contributed by atoms with Crippen molar-refractivity contribution in [3.8, 4) is 44.5 Å². The van der Waals surface area contributed by atoms with E-state index in [9.17, 15) is 0 Å². The summed E-state index contributed by atoms with van der Waals surface area (Å²) < 4.78 is 7.20. The molecule has 5 heteroatoms.